The first-order valence-corrected chi connectivity index (χ1v) is 6.04. The first-order chi connectivity index (χ1) is 10.5. The molecule has 0 spiro atoms. The van der Waals surface area contributed by atoms with Crippen LogP contribution in [-0.4, -0.2) is 9.85 Å². The van der Waals surface area contributed by atoms with E-state index in [2.05, 4.69) is 0 Å². The number of hydrogen-bond acceptors (Lipinski definition) is 6. The molecule has 2 aromatic carbocycles. The Labute approximate surface area is 121 Å². The van der Waals surface area contributed by atoms with Crippen LogP contribution >= 0.6 is 0 Å². The first-order valence-electron chi connectivity index (χ1n) is 6.04. The minimum absolute atomic E-state index is 0.0582. The van der Waals surface area contributed by atoms with Gasteiger partial charge >= 0.3 is 0 Å². The molecule has 0 aliphatic carbocycles. The van der Waals surface area contributed by atoms with Crippen LogP contribution in [-0.2, 0) is 0 Å². The van der Waals surface area contributed by atoms with Gasteiger partial charge in [-0.15, -0.1) is 0 Å². The van der Waals surface area contributed by atoms with E-state index >= 15 is 0 Å². The molecule has 0 atom stereocenters. The molecule has 0 amide bonds. The van der Waals surface area contributed by atoms with E-state index < -0.39 is 21.2 Å². The highest BCUT2D eigenvalue weighted by atomic mass is 16.7. The average molecular weight is 301 g/mol. The summed E-state index contributed by atoms with van der Waals surface area (Å²) in [6, 6.07) is 10.0. The molecule has 3 rings (SSSR count). The van der Waals surface area contributed by atoms with Gasteiger partial charge in [-0.25, -0.2) is 0 Å². The first kappa shape index (κ1) is 13.5. The number of aromatic nitrogens is 1. The average Bonchev–Trinajstić information content (AvgIpc) is 2.82. The van der Waals surface area contributed by atoms with Crippen LogP contribution in [0.25, 0.3) is 22.2 Å². The Bertz CT molecular complexity index is 903. The fourth-order valence-corrected chi connectivity index (χ4v) is 2.22. The summed E-state index contributed by atoms with van der Waals surface area (Å²) >= 11 is 0. The van der Waals surface area contributed by atoms with E-state index in [0.717, 1.165) is 12.1 Å². The number of fused-ring (bicyclic) bond motifs is 1. The highest BCUT2D eigenvalue weighted by Crippen LogP contribution is 2.36. The maximum atomic E-state index is 12.0. The molecule has 1 aromatic heterocycles. The zero-order valence-corrected chi connectivity index (χ0v) is 10.8. The highest BCUT2D eigenvalue weighted by Gasteiger charge is 2.30. The van der Waals surface area contributed by atoms with E-state index in [0.29, 0.717) is 5.56 Å². The van der Waals surface area contributed by atoms with Crippen LogP contribution in [0.1, 0.15) is 0 Å². The third kappa shape index (κ3) is 2.00. The number of benzene rings is 2. The second-order valence-corrected chi connectivity index (χ2v) is 4.42. The molecule has 9 heteroatoms. The standard InChI is InChI=1S/C13H7N3O6/c17-14(18)9-6-10(15(19)20)12-11(7-9)22-16(21)13(12)8-4-2-1-3-5-8/h1-7H. The van der Waals surface area contributed by atoms with Crippen LogP contribution in [0.3, 0.4) is 0 Å². The summed E-state index contributed by atoms with van der Waals surface area (Å²) < 4.78 is 4.89. The van der Waals surface area contributed by atoms with Gasteiger partial charge < -0.3 is 4.52 Å². The number of nitrogens with zero attached hydrogens (tertiary/aromatic N) is 3. The van der Waals surface area contributed by atoms with Gasteiger partial charge in [0.25, 0.3) is 17.1 Å². The molecular weight excluding hydrogens is 294 g/mol. The van der Waals surface area contributed by atoms with Gasteiger partial charge in [-0.3, -0.25) is 25.4 Å². The molecule has 0 saturated carbocycles. The normalized spacial score (nSPS) is 10.7. The number of hydrogen-bond donors (Lipinski definition) is 0. The summed E-state index contributed by atoms with van der Waals surface area (Å²) in [7, 11) is 0. The van der Waals surface area contributed by atoms with Crippen molar-refractivity contribution >= 4 is 22.3 Å². The fraction of sp³-hybridized carbons (Fsp3) is 0. The predicted octanol–water partition coefficient (Wildman–Crippen LogP) is 2.55. The van der Waals surface area contributed by atoms with E-state index in [4.69, 9.17) is 4.52 Å². The van der Waals surface area contributed by atoms with Gasteiger partial charge in [-0.2, -0.15) is 0 Å². The van der Waals surface area contributed by atoms with Gasteiger partial charge in [0.15, 0.2) is 5.39 Å². The van der Waals surface area contributed by atoms with Crippen molar-refractivity contribution in [3.05, 3.63) is 67.9 Å². The minimum Gasteiger partial charge on any atom is -0.366 e. The van der Waals surface area contributed by atoms with Crippen molar-refractivity contribution in [3.63, 3.8) is 0 Å². The van der Waals surface area contributed by atoms with Gasteiger partial charge in [0.1, 0.15) is 5.58 Å². The van der Waals surface area contributed by atoms with Gasteiger partial charge in [-0.1, -0.05) is 18.2 Å². The lowest BCUT2D eigenvalue weighted by Gasteiger charge is -1.96. The molecule has 0 unspecified atom stereocenters. The van der Waals surface area contributed by atoms with Crippen LogP contribution in [0.5, 0.6) is 0 Å². The largest absolute Gasteiger partial charge is 0.366 e. The minimum atomic E-state index is -0.785. The second kappa shape index (κ2) is 4.81. The lowest BCUT2D eigenvalue weighted by Crippen LogP contribution is -2.24. The van der Waals surface area contributed by atoms with E-state index in [1.807, 2.05) is 0 Å². The van der Waals surface area contributed by atoms with Crippen LogP contribution < -0.4 is 4.90 Å². The van der Waals surface area contributed by atoms with E-state index in [-0.39, 0.29) is 21.6 Å². The van der Waals surface area contributed by atoms with Gasteiger partial charge in [-0.05, 0) is 12.1 Å². The summed E-state index contributed by atoms with van der Waals surface area (Å²) in [5, 5.41) is 33.9. The van der Waals surface area contributed by atoms with Crippen molar-refractivity contribution in [1.29, 1.82) is 0 Å². The second-order valence-electron chi connectivity index (χ2n) is 4.42. The molecule has 0 N–H and O–H groups in total. The van der Waals surface area contributed by atoms with Crippen LogP contribution in [0, 0.1) is 25.4 Å². The van der Waals surface area contributed by atoms with E-state index in [1.54, 1.807) is 30.3 Å². The van der Waals surface area contributed by atoms with Gasteiger partial charge in [0, 0.05) is 6.07 Å². The third-order valence-corrected chi connectivity index (χ3v) is 3.12. The molecule has 0 radical (unpaired) electrons. The molecule has 0 aliphatic heterocycles. The van der Waals surface area contributed by atoms with Crippen molar-refractivity contribution in [2.75, 3.05) is 0 Å². The summed E-state index contributed by atoms with van der Waals surface area (Å²) in [4.78, 5) is 20.6. The van der Waals surface area contributed by atoms with Crippen molar-refractivity contribution in [1.82, 2.24) is 0 Å². The topological polar surface area (TPSA) is 126 Å². The summed E-state index contributed by atoms with van der Waals surface area (Å²) in [6.45, 7) is 0. The van der Waals surface area contributed by atoms with Crippen LogP contribution in [0.2, 0.25) is 0 Å². The lowest BCUT2D eigenvalue weighted by atomic mass is 10.1. The molecule has 0 fully saturated rings. The SMILES string of the molecule is O=[N+]([O-])c1cc([N+](=O)[O-])c2c(-c3ccccc3)[n+]([O-])oc2c1. The molecule has 110 valence electrons. The summed E-state index contributed by atoms with van der Waals surface area (Å²) in [5.41, 5.74) is -0.935. The highest BCUT2D eigenvalue weighted by molar-refractivity contribution is 5.98. The van der Waals surface area contributed by atoms with Gasteiger partial charge in [0.05, 0.1) is 26.4 Å². The van der Waals surface area contributed by atoms with Gasteiger partial charge in [0.2, 0.25) is 0 Å². The zero-order chi connectivity index (χ0) is 15.9. The third-order valence-electron chi connectivity index (χ3n) is 3.12. The Kier molecular flexibility index (Phi) is 2.95. The molecule has 0 aliphatic rings. The molecule has 3 aromatic rings. The summed E-state index contributed by atoms with van der Waals surface area (Å²) in [6.07, 6.45) is 0. The molecule has 9 nitrogen and oxygen atoms in total. The van der Waals surface area contributed by atoms with Crippen LogP contribution in [0.4, 0.5) is 11.4 Å². The smallest absolute Gasteiger partial charge is 0.291 e. The number of non-ortho nitro benzene ring substituents is 2. The quantitative estimate of drug-likeness (QED) is 0.415. The Balaban J connectivity index is 2.42. The molecule has 0 bridgehead atoms. The van der Waals surface area contributed by atoms with Crippen molar-refractivity contribution < 1.29 is 19.3 Å². The maximum absolute atomic E-state index is 12.0. The number of rotatable bonds is 3. The zero-order valence-electron chi connectivity index (χ0n) is 10.8. The van der Waals surface area contributed by atoms with E-state index in [9.17, 15) is 25.4 Å². The maximum Gasteiger partial charge on any atom is 0.291 e. The van der Waals surface area contributed by atoms with Crippen LogP contribution in [0.15, 0.2) is 47.0 Å². The fourth-order valence-electron chi connectivity index (χ4n) is 2.22. The number of nitro groups is 2. The molecular formula is C13H7N3O6. The Morgan fingerprint density at radius 1 is 1.00 bits per heavy atom. The summed E-state index contributed by atoms with van der Waals surface area (Å²) in [5.74, 6) is 0. The molecule has 0 saturated heterocycles. The Hall–Kier alpha value is -3.49. The van der Waals surface area contributed by atoms with Crippen molar-refractivity contribution in [2.24, 2.45) is 0 Å². The predicted molar refractivity (Wildman–Crippen MR) is 73.9 cm³/mol. The Morgan fingerprint density at radius 2 is 1.68 bits per heavy atom. The monoisotopic (exact) mass is 301 g/mol. The van der Waals surface area contributed by atoms with Crippen molar-refractivity contribution in [3.8, 4) is 11.3 Å². The Morgan fingerprint density at radius 3 is 2.27 bits per heavy atom. The van der Waals surface area contributed by atoms with E-state index in [1.165, 1.54) is 0 Å². The lowest BCUT2D eigenvalue weighted by molar-refractivity contribution is -0.779. The molecule has 22 heavy (non-hydrogen) atoms. The van der Waals surface area contributed by atoms with Crippen molar-refractivity contribution in [2.45, 2.75) is 0 Å². The molecule has 1 heterocycles. The number of nitro benzene ring substituents is 2.